The summed E-state index contributed by atoms with van der Waals surface area (Å²) in [6.45, 7) is 10.6. The first kappa shape index (κ1) is 9.76. The molecule has 0 bridgehead atoms. The highest BCUT2D eigenvalue weighted by atomic mass is 28.3. The molecule has 0 aromatic rings. The zero-order valence-electron chi connectivity index (χ0n) is 7.56. The average molecular weight is 157 g/mol. The Morgan fingerprint density at radius 3 is 2.00 bits per heavy atom. The molecule has 1 radical (unpaired) electrons. The van der Waals surface area contributed by atoms with Gasteiger partial charge in [0, 0.05) is 5.92 Å². The van der Waals surface area contributed by atoms with Crippen LogP contribution in [0.1, 0.15) is 20.8 Å². The maximum atomic E-state index is 5.62. The normalized spacial score (nSPS) is 12.9. The first-order chi connectivity index (χ1) is 4.57. The third kappa shape index (κ3) is 3.72. The van der Waals surface area contributed by atoms with Gasteiger partial charge >= 0.3 is 0 Å². The summed E-state index contributed by atoms with van der Waals surface area (Å²) in [6.07, 6.45) is 2.06. The van der Waals surface area contributed by atoms with E-state index in [-0.39, 0.29) is 0 Å². The molecule has 0 atom stereocenters. The molecule has 0 saturated heterocycles. The second kappa shape index (κ2) is 4.55. The summed E-state index contributed by atoms with van der Waals surface area (Å²) in [5, 5.41) is 0. The van der Waals surface area contributed by atoms with Gasteiger partial charge in [0.1, 0.15) is 0 Å². The molecule has 1 nitrogen and oxygen atoms in total. The van der Waals surface area contributed by atoms with Crippen LogP contribution in [0.25, 0.3) is 0 Å². The molecule has 0 aliphatic carbocycles. The second-order valence-corrected chi connectivity index (χ2v) is 4.88. The predicted molar refractivity (Wildman–Crippen MR) is 47.2 cm³/mol. The Balaban J connectivity index is 3.86. The van der Waals surface area contributed by atoms with Crippen molar-refractivity contribution in [2.75, 3.05) is 0 Å². The Morgan fingerprint density at radius 2 is 1.90 bits per heavy atom. The van der Waals surface area contributed by atoms with Crippen molar-refractivity contribution in [3.63, 3.8) is 0 Å². The van der Waals surface area contributed by atoms with Gasteiger partial charge < -0.3 is 4.43 Å². The number of hydrogen-bond donors (Lipinski definition) is 0. The third-order valence-electron chi connectivity index (χ3n) is 1.18. The molecule has 0 aliphatic heterocycles. The zero-order chi connectivity index (χ0) is 8.15. The highest BCUT2D eigenvalue weighted by Crippen LogP contribution is 2.11. The molecule has 10 heavy (non-hydrogen) atoms. The fourth-order valence-electron chi connectivity index (χ4n) is 0.746. The van der Waals surface area contributed by atoms with E-state index in [1.807, 2.05) is 6.92 Å². The topological polar surface area (TPSA) is 9.23 Å². The second-order valence-electron chi connectivity index (χ2n) is 2.86. The number of hydrogen-bond acceptors (Lipinski definition) is 1. The molecule has 0 heterocycles. The third-order valence-corrected chi connectivity index (χ3v) is 1.82. The van der Waals surface area contributed by atoms with Gasteiger partial charge in [0.05, 0.1) is 5.76 Å². The van der Waals surface area contributed by atoms with E-state index >= 15 is 0 Å². The largest absolute Gasteiger partial charge is 0.546 e. The molecule has 0 saturated carbocycles. The molecule has 0 N–H and O–H groups in total. The zero-order valence-corrected chi connectivity index (χ0v) is 8.56. The summed E-state index contributed by atoms with van der Waals surface area (Å²) in [7, 11) is -0.558. The molecule has 2 heteroatoms. The van der Waals surface area contributed by atoms with Gasteiger partial charge in [0.25, 0.3) is 9.04 Å². The minimum Gasteiger partial charge on any atom is -0.546 e. The Bertz CT molecular complexity index is 116. The van der Waals surface area contributed by atoms with E-state index in [1.54, 1.807) is 0 Å². The van der Waals surface area contributed by atoms with Crippen molar-refractivity contribution in [3.05, 3.63) is 11.8 Å². The smallest absolute Gasteiger partial charge is 0.273 e. The fourth-order valence-corrected chi connectivity index (χ4v) is 1.57. The van der Waals surface area contributed by atoms with Crippen LogP contribution in [0.15, 0.2) is 11.8 Å². The first-order valence-electron chi connectivity index (χ1n) is 3.72. The molecular formula is C8H17OSi. The van der Waals surface area contributed by atoms with Crippen molar-refractivity contribution in [1.82, 2.24) is 0 Å². The summed E-state index contributed by atoms with van der Waals surface area (Å²) in [5.41, 5.74) is 0. The number of rotatable bonds is 3. The highest BCUT2D eigenvalue weighted by molar-refractivity contribution is 6.48. The van der Waals surface area contributed by atoms with Gasteiger partial charge in [-0.3, -0.25) is 0 Å². The van der Waals surface area contributed by atoms with Gasteiger partial charge in [-0.1, -0.05) is 19.9 Å². The van der Waals surface area contributed by atoms with E-state index in [2.05, 4.69) is 33.0 Å². The summed E-state index contributed by atoms with van der Waals surface area (Å²) < 4.78 is 5.62. The van der Waals surface area contributed by atoms with Crippen molar-refractivity contribution < 1.29 is 4.43 Å². The lowest BCUT2D eigenvalue weighted by molar-refractivity contribution is 0.377. The van der Waals surface area contributed by atoms with Gasteiger partial charge in [0.15, 0.2) is 0 Å². The van der Waals surface area contributed by atoms with Crippen LogP contribution in [0.2, 0.25) is 13.1 Å². The van der Waals surface area contributed by atoms with E-state index < -0.39 is 9.04 Å². The van der Waals surface area contributed by atoms with Gasteiger partial charge in [0.2, 0.25) is 0 Å². The van der Waals surface area contributed by atoms with Gasteiger partial charge in [-0.05, 0) is 20.0 Å². The Hall–Kier alpha value is -0.243. The van der Waals surface area contributed by atoms with Gasteiger partial charge in [-0.25, -0.2) is 0 Å². The molecule has 0 unspecified atom stereocenters. The van der Waals surface area contributed by atoms with Crippen molar-refractivity contribution >= 4 is 9.04 Å². The van der Waals surface area contributed by atoms with Crippen LogP contribution >= 0.6 is 0 Å². The van der Waals surface area contributed by atoms with Crippen LogP contribution in [0.4, 0.5) is 0 Å². The Labute approximate surface area is 65.8 Å². The van der Waals surface area contributed by atoms with E-state index in [4.69, 9.17) is 4.43 Å². The van der Waals surface area contributed by atoms with Crippen LogP contribution in [0.3, 0.4) is 0 Å². The molecule has 0 amide bonds. The van der Waals surface area contributed by atoms with Crippen LogP contribution in [0.5, 0.6) is 0 Å². The summed E-state index contributed by atoms with van der Waals surface area (Å²) in [6, 6.07) is 0. The fraction of sp³-hybridized carbons (Fsp3) is 0.750. The predicted octanol–water partition coefficient (Wildman–Crippen LogP) is 2.81. The Morgan fingerprint density at radius 1 is 1.40 bits per heavy atom. The van der Waals surface area contributed by atoms with Crippen molar-refractivity contribution in [3.8, 4) is 0 Å². The minimum atomic E-state index is -0.558. The van der Waals surface area contributed by atoms with Crippen molar-refractivity contribution in [2.45, 2.75) is 33.9 Å². The van der Waals surface area contributed by atoms with E-state index in [0.717, 1.165) is 5.76 Å². The van der Waals surface area contributed by atoms with Crippen LogP contribution in [-0.2, 0) is 4.43 Å². The monoisotopic (exact) mass is 157 g/mol. The van der Waals surface area contributed by atoms with Gasteiger partial charge in [-0.2, -0.15) is 0 Å². The summed E-state index contributed by atoms with van der Waals surface area (Å²) in [5.74, 6) is 1.67. The minimum absolute atomic E-state index is 0.532. The lowest BCUT2D eigenvalue weighted by Crippen LogP contribution is -2.10. The van der Waals surface area contributed by atoms with E-state index in [9.17, 15) is 0 Å². The lowest BCUT2D eigenvalue weighted by atomic mass is 10.2. The van der Waals surface area contributed by atoms with Crippen LogP contribution < -0.4 is 0 Å². The van der Waals surface area contributed by atoms with Crippen LogP contribution in [0, 0.1) is 5.92 Å². The molecule has 59 valence electrons. The molecular weight excluding hydrogens is 140 g/mol. The lowest BCUT2D eigenvalue weighted by Gasteiger charge is -2.15. The molecule has 0 aromatic heterocycles. The van der Waals surface area contributed by atoms with Crippen LogP contribution in [-0.4, -0.2) is 9.04 Å². The molecule has 0 spiro atoms. The average Bonchev–Trinajstić information content (AvgIpc) is 1.81. The van der Waals surface area contributed by atoms with Crippen molar-refractivity contribution in [2.24, 2.45) is 5.92 Å². The molecule has 0 fully saturated rings. The molecule has 0 rings (SSSR count). The maximum absolute atomic E-state index is 5.62. The van der Waals surface area contributed by atoms with Gasteiger partial charge in [-0.15, -0.1) is 0 Å². The van der Waals surface area contributed by atoms with E-state index in [1.165, 1.54) is 0 Å². The Kier molecular flexibility index (Phi) is 4.44. The molecule has 0 aromatic carbocycles. The standard InChI is InChI=1S/C8H17OSi/c1-6-8(7(2)3)9-10(4)5/h6-7H,1-5H3/b8-6+. The maximum Gasteiger partial charge on any atom is 0.273 e. The summed E-state index contributed by atoms with van der Waals surface area (Å²) >= 11 is 0. The number of allylic oxidation sites excluding steroid dienone is 2. The van der Waals surface area contributed by atoms with E-state index in [0.29, 0.717) is 5.92 Å². The quantitative estimate of drug-likeness (QED) is 0.452. The first-order valence-corrected chi connectivity index (χ1v) is 6.13. The molecule has 0 aliphatic rings. The highest BCUT2D eigenvalue weighted by Gasteiger charge is 2.05. The summed E-state index contributed by atoms with van der Waals surface area (Å²) in [4.78, 5) is 0. The SMILES string of the molecule is C/C=C(/O[Si](C)C)C(C)C. The van der Waals surface area contributed by atoms with Crippen molar-refractivity contribution in [1.29, 1.82) is 0 Å².